The van der Waals surface area contributed by atoms with Crippen LogP contribution >= 0.6 is 0 Å². The number of rotatable bonds is 2. The van der Waals surface area contributed by atoms with Crippen LogP contribution in [-0.4, -0.2) is 19.0 Å². The Bertz CT molecular complexity index is 496. The van der Waals surface area contributed by atoms with Crippen molar-refractivity contribution in [2.75, 3.05) is 4.72 Å². The van der Waals surface area contributed by atoms with Gasteiger partial charge in [0.2, 0.25) is 0 Å². The summed E-state index contributed by atoms with van der Waals surface area (Å²) in [5.41, 5.74) is -5.40. The number of sulfonamides is 1. The number of phenols is 1. The maximum absolute atomic E-state index is 12.0. The molecule has 0 saturated carbocycles. The van der Waals surface area contributed by atoms with Gasteiger partial charge in [0.25, 0.3) is 0 Å². The quantitative estimate of drug-likeness (QED) is 0.794. The summed E-state index contributed by atoms with van der Waals surface area (Å²) in [6, 6.07) is 3.28. The zero-order chi connectivity index (χ0) is 12.6. The number of anilines is 1. The van der Waals surface area contributed by atoms with Gasteiger partial charge in [0.15, 0.2) is 0 Å². The van der Waals surface area contributed by atoms with Crippen molar-refractivity contribution in [2.45, 2.75) is 12.4 Å². The molecule has 0 bridgehead atoms. The van der Waals surface area contributed by atoms with Crippen molar-refractivity contribution in [2.24, 2.45) is 0 Å². The van der Waals surface area contributed by atoms with Crippen LogP contribution in [0.15, 0.2) is 18.2 Å². The largest absolute Gasteiger partial charge is 0.516 e. The van der Waals surface area contributed by atoms with E-state index < -0.39 is 15.5 Å². The average molecular weight is 255 g/mol. The van der Waals surface area contributed by atoms with E-state index in [0.29, 0.717) is 0 Å². The predicted molar refractivity (Wildman–Crippen MR) is 51.4 cm³/mol. The lowest BCUT2D eigenvalue weighted by Gasteiger charge is -2.12. The third-order valence-corrected chi connectivity index (χ3v) is 2.86. The van der Waals surface area contributed by atoms with Crippen molar-refractivity contribution in [3.8, 4) is 5.75 Å². The number of phenolic OH excluding ortho intramolecular Hbond substituents is 1. The summed E-state index contributed by atoms with van der Waals surface area (Å²) in [7, 11) is -5.42. The first-order chi connectivity index (χ1) is 7.13. The van der Waals surface area contributed by atoms with Gasteiger partial charge < -0.3 is 5.11 Å². The maximum Gasteiger partial charge on any atom is 0.516 e. The standard InChI is InChI=1S/C8H8F3NO3S/c1-5-4-6(13)2-3-7(5)12-16(14,15)8(9,10)11/h2-4,12-13H,1H3. The summed E-state index contributed by atoms with van der Waals surface area (Å²) >= 11 is 0. The SMILES string of the molecule is Cc1cc(O)ccc1NS(=O)(=O)C(F)(F)F. The van der Waals surface area contributed by atoms with Crippen molar-refractivity contribution in [1.82, 2.24) is 0 Å². The molecule has 0 aliphatic carbocycles. The molecule has 4 nitrogen and oxygen atoms in total. The number of halogens is 3. The molecule has 1 aromatic rings. The van der Waals surface area contributed by atoms with Crippen LogP contribution in [-0.2, 0) is 10.0 Å². The minimum Gasteiger partial charge on any atom is -0.508 e. The zero-order valence-corrected chi connectivity index (χ0v) is 8.85. The number of alkyl halides is 3. The van der Waals surface area contributed by atoms with Gasteiger partial charge in [-0.15, -0.1) is 0 Å². The minimum absolute atomic E-state index is 0.160. The van der Waals surface area contributed by atoms with E-state index in [-0.39, 0.29) is 17.0 Å². The molecule has 8 heteroatoms. The molecule has 0 aliphatic rings. The van der Waals surface area contributed by atoms with E-state index in [1.165, 1.54) is 11.6 Å². The Morgan fingerprint density at radius 2 is 1.88 bits per heavy atom. The molecule has 0 saturated heterocycles. The zero-order valence-electron chi connectivity index (χ0n) is 8.04. The molecule has 0 radical (unpaired) electrons. The van der Waals surface area contributed by atoms with Crippen molar-refractivity contribution in [3.63, 3.8) is 0 Å². The predicted octanol–water partition coefficient (Wildman–Crippen LogP) is 1.96. The van der Waals surface area contributed by atoms with Gasteiger partial charge in [0.1, 0.15) is 5.75 Å². The molecule has 0 spiro atoms. The topological polar surface area (TPSA) is 66.4 Å². The van der Waals surface area contributed by atoms with Gasteiger partial charge >= 0.3 is 15.5 Å². The first-order valence-corrected chi connectivity index (χ1v) is 5.50. The number of aryl methyl sites for hydroxylation is 1. The molecular formula is C8H8F3NO3S. The Morgan fingerprint density at radius 1 is 1.31 bits per heavy atom. The highest BCUT2D eigenvalue weighted by Crippen LogP contribution is 2.28. The lowest BCUT2D eigenvalue weighted by molar-refractivity contribution is -0.0429. The Balaban J connectivity index is 3.07. The van der Waals surface area contributed by atoms with E-state index in [2.05, 4.69) is 0 Å². The van der Waals surface area contributed by atoms with E-state index in [4.69, 9.17) is 5.11 Å². The highest BCUT2D eigenvalue weighted by atomic mass is 32.2. The molecule has 0 aliphatic heterocycles. The molecule has 0 aromatic heterocycles. The summed E-state index contributed by atoms with van der Waals surface area (Å²) in [6.07, 6.45) is 0. The first kappa shape index (κ1) is 12.6. The van der Waals surface area contributed by atoms with Crippen molar-refractivity contribution >= 4 is 15.7 Å². The van der Waals surface area contributed by atoms with Crippen molar-refractivity contribution < 1.29 is 26.7 Å². The third kappa shape index (κ3) is 2.57. The van der Waals surface area contributed by atoms with Gasteiger partial charge in [-0.05, 0) is 30.7 Å². The summed E-state index contributed by atoms with van der Waals surface area (Å²) in [5, 5.41) is 9.00. The molecule has 0 atom stereocenters. The molecule has 0 amide bonds. The summed E-state index contributed by atoms with van der Waals surface area (Å²) < 4.78 is 59.0. The Kier molecular flexibility index (Phi) is 3.04. The van der Waals surface area contributed by atoms with Crippen molar-refractivity contribution in [3.05, 3.63) is 23.8 Å². The normalized spacial score (nSPS) is 12.5. The Labute approximate surface area is 89.8 Å². The van der Waals surface area contributed by atoms with Crippen LogP contribution in [0, 0.1) is 6.92 Å². The Hall–Kier alpha value is -1.44. The van der Waals surface area contributed by atoms with E-state index >= 15 is 0 Å². The average Bonchev–Trinajstić information content (AvgIpc) is 2.08. The summed E-state index contributed by atoms with van der Waals surface area (Å²) in [5.74, 6) is -0.160. The molecule has 1 rings (SSSR count). The number of benzene rings is 1. The van der Waals surface area contributed by atoms with Crippen LogP contribution in [0.25, 0.3) is 0 Å². The van der Waals surface area contributed by atoms with Gasteiger partial charge in [-0.2, -0.15) is 21.6 Å². The first-order valence-electron chi connectivity index (χ1n) is 4.02. The minimum atomic E-state index is -5.42. The monoisotopic (exact) mass is 255 g/mol. The molecule has 1 aromatic carbocycles. The second-order valence-electron chi connectivity index (χ2n) is 3.05. The second kappa shape index (κ2) is 3.85. The van der Waals surface area contributed by atoms with E-state index in [1.54, 1.807) is 0 Å². The van der Waals surface area contributed by atoms with Gasteiger partial charge in [-0.25, -0.2) is 0 Å². The smallest absolute Gasteiger partial charge is 0.508 e. The Morgan fingerprint density at radius 3 is 2.31 bits per heavy atom. The van der Waals surface area contributed by atoms with Crippen LogP contribution < -0.4 is 4.72 Å². The number of hydrogen-bond acceptors (Lipinski definition) is 3. The summed E-state index contributed by atoms with van der Waals surface area (Å²) in [6.45, 7) is 1.37. The lowest BCUT2D eigenvalue weighted by Crippen LogP contribution is -2.30. The highest BCUT2D eigenvalue weighted by molar-refractivity contribution is 7.93. The van der Waals surface area contributed by atoms with Crippen LogP contribution in [0.2, 0.25) is 0 Å². The van der Waals surface area contributed by atoms with Gasteiger partial charge in [0.05, 0.1) is 5.69 Å². The van der Waals surface area contributed by atoms with Crippen molar-refractivity contribution in [1.29, 1.82) is 0 Å². The number of aromatic hydroxyl groups is 1. The number of hydrogen-bond donors (Lipinski definition) is 2. The second-order valence-corrected chi connectivity index (χ2v) is 4.72. The van der Waals surface area contributed by atoms with E-state index in [0.717, 1.165) is 18.2 Å². The van der Waals surface area contributed by atoms with Gasteiger partial charge in [-0.1, -0.05) is 0 Å². The summed E-state index contributed by atoms with van der Waals surface area (Å²) in [4.78, 5) is 0. The fraction of sp³-hybridized carbons (Fsp3) is 0.250. The fourth-order valence-electron chi connectivity index (χ4n) is 0.965. The molecular weight excluding hydrogens is 247 g/mol. The third-order valence-electron chi connectivity index (χ3n) is 1.76. The van der Waals surface area contributed by atoms with Crippen LogP contribution in [0.5, 0.6) is 5.75 Å². The van der Waals surface area contributed by atoms with Crippen LogP contribution in [0.1, 0.15) is 5.56 Å². The lowest BCUT2D eigenvalue weighted by atomic mass is 10.2. The van der Waals surface area contributed by atoms with E-state index in [9.17, 15) is 21.6 Å². The maximum atomic E-state index is 12.0. The fourth-order valence-corrected chi connectivity index (χ4v) is 1.60. The molecule has 0 fully saturated rings. The van der Waals surface area contributed by atoms with Gasteiger partial charge in [-0.3, -0.25) is 4.72 Å². The van der Waals surface area contributed by atoms with Crippen LogP contribution in [0.4, 0.5) is 18.9 Å². The molecule has 2 N–H and O–H groups in total. The molecule has 0 heterocycles. The molecule has 90 valence electrons. The molecule has 0 unspecified atom stereocenters. The number of nitrogens with one attached hydrogen (secondary N) is 1. The van der Waals surface area contributed by atoms with E-state index in [1.807, 2.05) is 0 Å². The molecule has 16 heavy (non-hydrogen) atoms. The van der Waals surface area contributed by atoms with Gasteiger partial charge in [0, 0.05) is 0 Å². The highest BCUT2D eigenvalue weighted by Gasteiger charge is 2.46. The van der Waals surface area contributed by atoms with Crippen LogP contribution in [0.3, 0.4) is 0 Å².